The summed E-state index contributed by atoms with van der Waals surface area (Å²) in [6.45, 7) is 0. The van der Waals surface area contributed by atoms with Crippen molar-refractivity contribution in [3.05, 3.63) is 70.5 Å². The van der Waals surface area contributed by atoms with Crippen molar-refractivity contribution in [3.63, 3.8) is 0 Å². The van der Waals surface area contributed by atoms with Gasteiger partial charge in [-0.1, -0.05) is 35.9 Å². The smallest absolute Gasteiger partial charge is 0.229 e. The Morgan fingerprint density at radius 2 is 1.95 bits per heavy atom. The lowest BCUT2D eigenvalue weighted by Gasteiger charge is -1.99. The molecule has 0 aliphatic rings. The summed E-state index contributed by atoms with van der Waals surface area (Å²) in [6.07, 6.45) is 3.74. The Morgan fingerprint density at radius 3 is 2.73 bits per heavy atom. The third-order valence-electron chi connectivity index (χ3n) is 3.23. The van der Waals surface area contributed by atoms with Crippen LogP contribution in [0.1, 0.15) is 21.7 Å². The number of fused-ring (bicyclic) bond motifs is 1. The SMILES string of the molecule is O=C/C=C/c1cccc2[nH]c(C(=O)c3ccccc3Cl)nc12. The van der Waals surface area contributed by atoms with Crippen molar-refractivity contribution in [1.29, 1.82) is 0 Å². The lowest BCUT2D eigenvalue weighted by Crippen LogP contribution is -2.04. The number of benzene rings is 2. The van der Waals surface area contributed by atoms with Crippen LogP contribution >= 0.6 is 11.6 Å². The molecule has 0 saturated heterocycles. The number of hydrogen-bond acceptors (Lipinski definition) is 3. The maximum Gasteiger partial charge on any atom is 0.229 e. The number of aromatic amines is 1. The number of carbonyl (C=O) groups is 2. The molecule has 3 rings (SSSR count). The van der Waals surface area contributed by atoms with E-state index in [1.54, 1.807) is 30.3 Å². The molecule has 0 aliphatic carbocycles. The number of halogens is 1. The van der Waals surface area contributed by atoms with Gasteiger partial charge in [0.15, 0.2) is 5.82 Å². The van der Waals surface area contributed by atoms with E-state index >= 15 is 0 Å². The number of hydrogen-bond donors (Lipinski definition) is 1. The van der Waals surface area contributed by atoms with Crippen LogP contribution in [0.3, 0.4) is 0 Å². The maximum atomic E-state index is 12.5. The molecule has 5 heteroatoms. The van der Waals surface area contributed by atoms with Gasteiger partial charge in [-0.25, -0.2) is 4.98 Å². The summed E-state index contributed by atoms with van der Waals surface area (Å²) in [5, 5.41) is 0.383. The lowest BCUT2D eigenvalue weighted by molar-refractivity contribution is -0.104. The first-order chi connectivity index (χ1) is 10.7. The first-order valence-corrected chi connectivity index (χ1v) is 6.98. The number of aromatic nitrogens is 2. The van der Waals surface area contributed by atoms with Gasteiger partial charge in [-0.2, -0.15) is 0 Å². The van der Waals surface area contributed by atoms with Gasteiger partial charge in [0.2, 0.25) is 5.78 Å². The van der Waals surface area contributed by atoms with E-state index in [9.17, 15) is 9.59 Å². The number of aldehydes is 1. The highest BCUT2D eigenvalue weighted by Crippen LogP contribution is 2.22. The zero-order valence-electron chi connectivity index (χ0n) is 11.4. The number of nitrogens with one attached hydrogen (secondary N) is 1. The van der Waals surface area contributed by atoms with E-state index in [0.29, 0.717) is 22.4 Å². The fourth-order valence-electron chi connectivity index (χ4n) is 2.21. The Labute approximate surface area is 131 Å². The van der Waals surface area contributed by atoms with Crippen molar-refractivity contribution in [3.8, 4) is 0 Å². The molecule has 1 aromatic heterocycles. The van der Waals surface area contributed by atoms with Crippen LogP contribution in [0.2, 0.25) is 5.02 Å². The summed E-state index contributed by atoms with van der Waals surface area (Å²) in [4.78, 5) is 30.3. The van der Waals surface area contributed by atoms with Crippen molar-refractivity contribution >= 4 is 40.8 Å². The lowest BCUT2D eigenvalue weighted by atomic mass is 10.1. The van der Waals surface area contributed by atoms with E-state index in [0.717, 1.165) is 11.1 Å². The van der Waals surface area contributed by atoms with Crippen LogP contribution in [-0.4, -0.2) is 22.0 Å². The Balaban J connectivity index is 2.09. The predicted molar refractivity (Wildman–Crippen MR) is 86.1 cm³/mol. The summed E-state index contributed by atoms with van der Waals surface area (Å²) in [6, 6.07) is 12.3. The standard InChI is InChI=1S/C17H11ClN2O2/c18-13-8-2-1-7-12(13)16(22)17-19-14-9-3-5-11(6-4-10-21)15(14)20-17/h1-10H,(H,19,20)/b6-4+. The summed E-state index contributed by atoms with van der Waals surface area (Å²) in [5.41, 5.74) is 2.52. The summed E-state index contributed by atoms with van der Waals surface area (Å²) in [5.74, 6) is -0.0535. The van der Waals surface area contributed by atoms with Gasteiger partial charge in [-0.05, 0) is 30.4 Å². The molecule has 108 valence electrons. The first kappa shape index (κ1) is 14.2. The molecule has 0 saturated carbocycles. The largest absolute Gasteiger partial charge is 0.335 e. The van der Waals surface area contributed by atoms with Crippen LogP contribution in [0.25, 0.3) is 17.1 Å². The van der Waals surface area contributed by atoms with Crippen molar-refractivity contribution in [2.75, 3.05) is 0 Å². The molecule has 2 aromatic carbocycles. The van der Waals surface area contributed by atoms with E-state index < -0.39 is 0 Å². The molecular weight excluding hydrogens is 300 g/mol. The van der Waals surface area contributed by atoms with Gasteiger partial charge in [0, 0.05) is 11.1 Å². The Hall–Kier alpha value is -2.72. The molecule has 0 aliphatic heterocycles. The molecule has 0 spiro atoms. The van der Waals surface area contributed by atoms with Gasteiger partial charge in [-0.3, -0.25) is 9.59 Å². The number of para-hydroxylation sites is 1. The number of carbonyl (C=O) groups excluding carboxylic acids is 2. The number of allylic oxidation sites excluding steroid dienone is 1. The van der Waals surface area contributed by atoms with Crippen LogP contribution < -0.4 is 0 Å². The second-order valence-electron chi connectivity index (χ2n) is 4.63. The van der Waals surface area contributed by atoms with Crippen LogP contribution in [0.4, 0.5) is 0 Å². The number of nitrogens with zero attached hydrogens (tertiary/aromatic N) is 1. The zero-order valence-corrected chi connectivity index (χ0v) is 12.2. The molecule has 0 radical (unpaired) electrons. The minimum atomic E-state index is -0.271. The third kappa shape index (κ3) is 2.56. The third-order valence-corrected chi connectivity index (χ3v) is 3.56. The van der Waals surface area contributed by atoms with Gasteiger partial charge >= 0.3 is 0 Å². The average molecular weight is 311 g/mol. The summed E-state index contributed by atoms with van der Waals surface area (Å²) >= 11 is 6.05. The average Bonchev–Trinajstić information content (AvgIpc) is 2.97. The number of ketones is 1. The van der Waals surface area contributed by atoms with Crippen LogP contribution in [0.5, 0.6) is 0 Å². The predicted octanol–water partition coefficient (Wildman–Crippen LogP) is 3.66. The highest BCUT2D eigenvalue weighted by Gasteiger charge is 2.17. The Morgan fingerprint density at radius 1 is 1.14 bits per heavy atom. The first-order valence-electron chi connectivity index (χ1n) is 6.60. The second kappa shape index (κ2) is 5.95. The molecule has 3 aromatic rings. The number of imidazole rings is 1. The monoisotopic (exact) mass is 310 g/mol. The molecule has 0 atom stereocenters. The second-order valence-corrected chi connectivity index (χ2v) is 5.04. The van der Waals surface area contributed by atoms with Gasteiger partial charge in [0.1, 0.15) is 6.29 Å². The highest BCUT2D eigenvalue weighted by molar-refractivity contribution is 6.34. The van der Waals surface area contributed by atoms with Gasteiger partial charge < -0.3 is 4.98 Å². The molecule has 0 amide bonds. The quantitative estimate of drug-likeness (QED) is 0.454. The van der Waals surface area contributed by atoms with E-state index in [2.05, 4.69) is 9.97 Å². The minimum Gasteiger partial charge on any atom is -0.335 e. The molecule has 0 bridgehead atoms. The van der Waals surface area contributed by atoms with Gasteiger partial charge in [-0.15, -0.1) is 0 Å². The van der Waals surface area contributed by atoms with Gasteiger partial charge in [0.05, 0.1) is 16.1 Å². The fraction of sp³-hybridized carbons (Fsp3) is 0. The Bertz CT molecular complexity index is 897. The fourth-order valence-corrected chi connectivity index (χ4v) is 2.43. The van der Waals surface area contributed by atoms with E-state index in [1.807, 2.05) is 18.2 Å². The molecule has 4 nitrogen and oxygen atoms in total. The molecule has 1 heterocycles. The zero-order chi connectivity index (χ0) is 15.5. The van der Waals surface area contributed by atoms with Crippen molar-refractivity contribution in [2.45, 2.75) is 0 Å². The normalized spacial score (nSPS) is 11.1. The van der Waals surface area contributed by atoms with Crippen LogP contribution in [0, 0.1) is 0 Å². The van der Waals surface area contributed by atoms with Gasteiger partial charge in [0.25, 0.3) is 0 Å². The van der Waals surface area contributed by atoms with Crippen LogP contribution in [0.15, 0.2) is 48.5 Å². The summed E-state index contributed by atoms with van der Waals surface area (Å²) < 4.78 is 0. The van der Waals surface area contributed by atoms with E-state index in [-0.39, 0.29) is 11.6 Å². The molecule has 0 fully saturated rings. The minimum absolute atomic E-state index is 0.218. The number of rotatable bonds is 4. The topological polar surface area (TPSA) is 62.8 Å². The van der Waals surface area contributed by atoms with E-state index in [1.165, 1.54) is 6.08 Å². The molecule has 22 heavy (non-hydrogen) atoms. The summed E-state index contributed by atoms with van der Waals surface area (Å²) in [7, 11) is 0. The molecule has 0 unspecified atom stereocenters. The Kier molecular flexibility index (Phi) is 3.85. The highest BCUT2D eigenvalue weighted by atomic mass is 35.5. The molecular formula is C17H11ClN2O2. The van der Waals surface area contributed by atoms with Crippen molar-refractivity contribution in [2.24, 2.45) is 0 Å². The maximum absolute atomic E-state index is 12.5. The number of H-pyrrole nitrogens is 1. The van der Waals surface area contributed by atoms with Crippen LogP contribution in [-0.2, 0) is 4.79 Å². The van der Waals surface area contributed by atoms with Crippen molar-refractivity contribution < 1.29 is 9.59 Å². The molecule has 1 N–H and O–H groups in total. The van der Waals surface area contributed by atoms with Crippen molar-refractivity contribution in [1.82, 2.24) is 9.97 Å². The van der Waals surface area contributed by atoms with E-state index in [4.69, 9.17) is 11.6 Å².